The summed E-state index contributed by atoms with van der Waals surface area (Å²) in [6, 6.07) is 90.6. The zero-order valence-electron chi connectivity index (χ0n) is 37.4. The van der Waals surface area contributed by atoms with Crippen LogP contribution in [0.5, 0.6) is 0 Å². The zero-order chi connectivity index (χ0) is 44.7. The Morgan fingerprint density at radius 2 is 0.603 bits per heavy atom. The third-order valence-corrected chi connectivity index (χ3v) is 14.6. The van der Waals surface area contributed by atoms with E-state index in [0.717, 1.165) is 24.2 Å². The first-order valence-electron chi connectivity index (χ1n) is 23.7. The van der Waals surface area contributed by atoms with Crippen molar-refractivity contribution in [2.24, 2.45) is 0 Å². The van der Waals surface area contributed by atoms with Gasteiger partial charge in [-0.25, -0.2) is 0 Å². The molecular weight excluding hydrogens is 821 g/mol. The Morgan fingerprint density at radius 1 is 0.235 bits per heavy atom. The third-order valence-electron chi connectivity index (χ3n) is 14.6. The van der Waals surface area contributed by atoms with E-state index in [0.29, 0.717) is 0 Å². The second-order valence-corrected chi connectivity index (χ2v) is 18.5. The first-order chi connectivity index (χ1) is 33.7. The first-order valence-corrected chi connectivity index (χ1v) is 23.7. The predicted molar refractivity (Wildman–Crippen MR) is 288 cm³/mol. The van der Waals surface area contributed by atoms with Gasteiger partial charge in [-0.2, -0.15) is 0 Å². The molecule has 0 bridgehead atoms. The molecule has 2 heteroatoms. The van der Waals surface area contributed by atoms with E-state index in [4.69, 9.17) is 0 Å². The van der Waals surface area contributed by atoms with Crippen molar-refractivity contribution < 1.29 is 0 Å². The molecule has 14 rings (SSSR count). The van der Waals surface area contributed by atoms with Gasteiger partial charge in [0.15, 0.2) is 0 Å². The fourth-order valence-corrected chi connectivity index (χ4v) is 11.4. The van der Waals surface area contributed by atoms with Gasteiger partial charge in [-0.3, -0.25) is 0 Å². The topological polar surface area (TPSA) is 6.48 Å². The van der Waals surface area contributed by atoms with Crippen LogP contribution >= 0.6 is 0 Å². The van der Waals surface area contributed by atoms with Gasteiger partial charge in [-0.05, 0) is 165 Å². The number of benzene rings is 12. The van der Waals surface area contributed by atoms with Crippen LogP contribution in [0.25, 0.3) is 76.5 Å². The zero-order valence-corrected chi connectivity index (χ0v) is 37.4. The summed E-state index contributed by atoms with van der Waals surface area (Å²) in [5.41, 5.74) is 19.8. The van der Waals surface area contributed by atoms with E-state index >= 15 is 0 Å². The minimum atomic E-state index is 0.911. The molecule has 0 saturated heterocycles. The van der Waals surface area contributed by atoms with Gasteiger partial charge in [0.25, 0.3) is 0 Å². The molecule has 12 aromatic rings. The van der Waals surface area contributed by atoms with E-state index in [9.17, 15) is 0 Å². The van der Waals surface area contributed by atoms with E-state index in [1.54, 1.807) is 0 Å². The van der Waals surface area contributed by atoms with E-state index in [2.05, 4.69) is 252 Å². The highest BCUT2D eigenvalue weighted by Gasteiger charge is 2.28. The molecule has 0 unspecified atom stereocenters. The second kappa shape index (κ2) is 15.4. The van der Waals surface area contributed by atoms with Gasteiger partial charge >= 0.3 is 0 Å². The van der Waals surface area contributed by atoms with Crippen molar-refractivity contribution in [3.8, 4) is 33.4 Å². The standard InChI is InChI=1S/C66H44N2/c1-3-16-45-36-48(30-28-43(45)14-1)47-22-13-23-53(38-47)65-57-34-32-56(68-63-26-11-7-20-51(63)40-52-21-8-12-27-64(52)68)42-60(57)66(54-31-29-44-15-2-4-17-46(44)37-54)58-35-33-55(41-59(58)65)67-61-24-9-5-18-49(61)39-50-19-6-10-25-62(50)67/h1-38,41-42H,39-40H2. The minimum Gasteiger partial charge on any atom is -0.310 e. The highest BCUT2D eigenvalue weighted by Crippen LogP contribution is 2.51. The molecule has 0 spiro atoms. The summed E-state index contributed by atoms with van der Waals surface area (Å²) in [5, 5.41) is 9.83. The van der Waals surface area contributed by atoms with Gasteiger partial charge in [-0.1, -0.05) is 176 Å². The van der Waals surface area contributed by atoms with Gasteiger partial charge in [0, 0.05) is 47.0 Å². The summed E-state index contributed by atoms with van der Waals surface area (Å²) >= 11 is 0. The van der Waals surface area contributed by atoms with Crippen molar-refractivity contribution in [3.63, 3.8) is 0 Å². The maximum absolute atomic E-state index is 2.48. The monoisotopic (exact) mass is 864 g/mol. The summed E-state index contributed by atoms with van der Waals surface area (Å²) in [6.45, 7) is 0. The lowest BCUT2D eigenvalue weighted by Crippen LogP contribution is -2.18. The molecule has 0 radical (unpaired) electrons. The number of hydrogen-bond donors (Lipinski definition) is 0. The Balaban J connectivity index is 1.09. The Morgan fingerprint density at radius 3 is 1.09 bits per heavy atom. The molecule has 0 saturated carbocycles. The summed E-state index contributed by atoms with van der Waals surface area (Å²) in [4.78, 5) is 4.97. The number of hydrogen-bond acceptors (Lipinski definition) is 2. The van der Waals surface area contributed by atoms with Gasteiger partial charge in [0.05, 0.1) is 0 Å². The van der Waals surface area contributed by atoms with Crippen LogP contribution in [0.4, 0.5) is 34.1 Å². The van der Waals surface area contributed by atoms with E-state index in [1.807, 2.05) is 0 Å². The second-order valence-electron chi connectivity index (χ2n) is 18.5. The lowest BCUT2D eigenvalue weighted by molar-refractivity contribution is 1.09. The highest BCUT2D eigenvalue weighted by atomic mass is 15.2. The van der Waals surface area contributed by atoms with Crippen LogP contribution in [-0.2, 0) is 12.8 Å². The lowest BCUT2D eigenvalue weighted by Gasteiger charge is -2.34. The molecule has 0 N–H and O–H groups in total. The van der Waals surface area contributed by atoms with Gasteiger partial charge < -0.3 is 9.80 Å². The molecule has 68 heavy (non-hydrogen) atoms. The van der Waals surface area contributed by atoms with Crippen molar-refractivity contribution in [2.75, 3.05) is 9.80 Å². The number of nitrogens with zero attached hydrogens (tertiary/aromatic N) is 2. The van der Waals surface area contributed by atoms with Gasteiger partial charge in [0.2, 0.25) is 0 Å². The summed E-state index contributed by atoms with van der Waals surface area (Å²) in [7, 11) is 0. The number of para-hydroxylation sites is 4. The fourth-order valence-electron chi connectivity index (χ4n) is 11.4. The first kappa shape index (κ1) is 38.5. The molecule has 0 aromatic heterocycles. The number of anilines is 6. The van der Waals surface area contributed by atoms with Crippen molar-refractivity contribution in [2.45, 2.75) is 12.8 Å². The molecule has 318 valence electrons. The van der Waals surface area contributed by atoms with Crippen LogP contribution in [0, 0.1) is 0 Å². The van der Waals surface area contributed by atoms with Crippen LogP contribution in [0.3, 0.4) is 0 Å². The van der Waals surface area contributed by atoms with Gasteiger partial charge in [0.1, 0.15) is 0 Å². The smallest absolute Gasteiger partial charge is 0.0497 e. The Bertz CT molecular complexity index is 3920. The molecule has 2 nitrogen and oxygen atoms in total. The number of rotatable bonds is 5. The maximum atomic E-state index is 2.48. The fraction of sp³-hybridized carbons (Fsp3) is 0.0303. The average molecular weight is 865 g/mol. The lowest BCUT2D eigenvalue weighted by atomic mass is 9.84. The molecule has 0 atom stereocenters. The third kappa shape index (κ3) is 6.18. The summed E-state index contributed by atoms with van der Waals surface area (Å²) in [5.74, 6) is 0. The molecule has 0 aliphatic carbocycles. The largest absolute Gasteiger partial charge is 0.310 e. The van der Waals surface area contributed by atoms with Crippen molar-refractivity contribution in [1.29, 1.82) is 0 Å². The summed E-state index contributed by atoms with van der Waals surface area (Å²) < 4.78 is 0. The minimum absolute atomic E-state index is 0.911. The Hall–Kier alpha value is -8.72. The van der Waals surface area contributed by atoms with E-state index in [-0.39, 0.29) is 0 Å². The number of fused-ring (bicyclic) bond motifs is 8. The predicted octanol–water partition coefficient (Wildman–Crippen LogP) is 18.0. The van der Waals surface area contributed by atoms with Gasteiger partial charge in [-0.15, -0.1) is 0 Å². The van der Waals surface area contributed by atoms with Crippen LogP contribution in [0.15, 0.2) is 243 Å². The highest BCUT2D eigenvalue weighted by molar-refractivity contribution is 6.23. The Labute approximate surface area is 396 Å². The molecule has 0 fully saturated rings. The molecule has 2 aliphatic rings. The molecule has 0 amide bonds. The van der Waals surface area contributed by atoms with Crippen LogP contribution in [0.1, 0.15) is 22.3 Å². The van der Waals surface area contributed by atoms with Crippen molar-refractivity contribution in [1.82, 2.24) is 0 Å². The van der Waals surface area contributed by atoms with Crippen molar-refractivity contribution >= 4 is 77.2 Å². The normalized spacial score (nSPS) is 12.8. The molecular formula is C66H44N2. The molecule has 12 aromatic carbocycles. The van der Waals surface area contributed by atoms with E-state index < -0.39 is 0 Å². The summed E-state index contributed by atoms with van der Waals surface area (Å²) in [6.07, 6.45) is 1.82. The van der Waals surface area contributed by atoms with Crippen LogP contribution < -0.4 is 9.80 Å². The van der Waals surface area contributed by atoms with Crippen LogP contribution in [-0.4, -0.2) is 0 Å². The SMILES string of the molecule is c1cc(-c2ccc3ccccc3c2)cc(-c2c3ccc(N4c5ccccc5Cc5ccccc54)cc3c(-c3ccc4ccccc4c3)c3ccc(N4c5ccccc5Cc5ccccc54)cc23)c1. The quantitative estimate of drug-likeness (QED) is 0.159. The Kier molecular flexibility index (Phi) is 8.75. The molecule has 2 heterocycles. The van der Waals surface area contributed by atoms with E-state index in [1.165, 1.54) is 121 Å². The maximum Gasteiger partial charge on any atom is 0.0497 e. The molecule has 2 aliphatic heterocycles. The van der Waals surface area contributed by atoms with Crippen molar-refractivity contribution in [3.05, 3.63) is 265 Å². The average Bonchev–Trinajstić information content (AvgIpc) is 3.40. The van der Waals surface area contributed by atoms with Crippen LogP contribution in [0.2, 0.25) is 0 Å².